The Morgan fingerprint density at radius 1 is 0.912 bits per heavy atom. The Labute approximate surface area is 210 Å². The van der Waals surface area contributed by atoms with E-state index in [1.807, 2.05) is 60.7 Å². The molecule has 0 bridgehead atoms. The number of thioether (sulfide) groups is 1. The van der Waals surface area contributed by atoms with Crippen LogP contribution in [0, 0.1) is 5.41 Å². The molecule has 0 radical (unpaired) electrons. The number of amides is 2. The summed E-state index contributed by atoms with van der Waals surface area (Å²) < 4.78 is 0.871. The van der Waals surface area contributed by atoms with Gasteiger partial charge in [-0.3, -0.25) is 15.0 Å². The molecular formula is C26H21BrN4O2S. The van der Waals surface area contributed by atoms with E-state index in [4.69, 9.17) is 10.5 Å². The lowest BCUT2D eigenvalue weighted by atomic mass is 9.99. The number of anilines is 1. The average Bonchev–Trinajstić information content (AvgIpc) is 3.42. The molecule has 2 heterocycles. The summed E-state index contributed by atoms with van der Waals surface area (Å²) in [4.78, 5) is 27.0. The zero-order valence-corrected chi connectivity index (χ0v) is 20.5. The molecule has 5 rings (SSSR count). The lowest BCUT2D eigenvalue weighted by Crippen LogP contribution is -2.32. The minimum absolute atomic E-state index is 0.0566. The van der Waals surface area contributed by atoms with Gasteiger partial charge in [0.1, 0.15) is 5.25 Å². The maximum absolute atomic E-state index is 13.1. The van der Waals surface area contributed by atoms with Gasteiger partial charge in [-0.2, -0.15) is 5.10 Å². The molecule has 0 saturated carbocycles. The van der Waals surface area contributed by atoms with Gasteiger partial charge in [0.15, 0.2) is 5.17 Å². The number of carbonyl (C=O) groups is 2. The molecule has 0 unspecified atom stereocenters. The summed E-state index contributed by atoms with van der Waals surface area (Å²) in [7, 11) is 0. The predicted molar refractivity (Wildman–Crippen MR) is 139 cm³/mol. The zero-order valence-electron chi connectivity index (χ0n) is 18.1. The Bertz CT molecular complexity index is 1260. The van der Waals surface area contributed by atoms with Crippen LogP contribution in [0.25, 0.3) is 0 Å². The van der Waals surface area contributed by atoms with E-state index < -0.39 is 5.25 Å². The number of benzene rings is 3. The number of rotatable bonds is 4. The van der Waals surface area contributed by atoms with E-state index in [0.717, 1.165) is 33.1 Å². The van der Waals surface area contributed by atoms with Crippen molar-refractivity contribution in [2.24, 2.45) is 5.10 Å². The summed E-state index contributed by atoms with van der Waals surface area (Å²) >= 11 is 4.47. The van der Waals surface area contributed by atoms with Crippen LogP contribution in [-0.4, -0.2) is 33.0 Å². The first kappa shape index (κ1) is 22.6. The number of carbonyl (C=O) groups excluding carboxylic acids is 2. The van der Waals surface area contributed by atoms with Crippen molar-refractivity contribution < 1.29 is 9.59 Å². The van der Waals surface area contributed by atoms with Gasteiger partial charge in [0, 0.05) is 17.3 Å². The van der Waals surface area contributed by atoms with E-state index >= 15 is 0 Å². The first-order valence-corrected chi connectivity index (χ1v) is 12.5. The van der Waals surface area contributed by atoms with Gasteiger partial charge in [0.25, 0.3) is 0 Å². The molecule has 1 fully saturated rings. The molecule has 34 heavy (non-hydrogen) atoms. The lowest BCUT2D eigenvalue weighted by Gasteiger charge is -2.24. The second kappa shape index (κ2) is 9.56. The van der Waals surface area contributed by atoms with Gasteiger partial charge in [-0.15, -0.1) is 0 Å². The molecule has 0 spiro atoms. The van der Waals surface area contributed by atoms with Crippen LogP contribution < -0.4 is 4.90 Å². The van der Waals surface area contributed by atoms with Gasteiger partial charge in [-0.25, -0.2) is 9.91 Å². The van der Waals surface area contributed by atoms with Gasteiger partial charge in [0.2, 0.25) is 11.8 Å². The van der Waals surface area contributed by atoms with Gasteiger partial charge in [0.05, 0.1) is 17.4 Å². The van der Waals surface area contributed by atoms with E-state index in [1.54, 1.807) is 29.3 Å². The van der Waals surface area contributed by atoms with Crippen LogP contribution in [0.4, 0.5) is 5.69 Å². The fourth-order valence-electron chi connectivity index (χ4n) is 4.18. The number of halogens is 1. The maximum Gasteiger partial charge on any atom is 0.247 e. The molecule has 6 nitrogen and oxygen atoms in total. The van der Waals surface area contributed by atoms with E-state index in [2.05, 4.69) is 15.9 Å². The highest BCUT2D eigenvalue weighted by Crippen LogP contribution is 2.37. The fraction of sp³-hybridized carbons (Fsp3) is 0.154. The minimum atomic E-state index is -0.656. The van der Waals surface area contributed by atoms with Crippen molar-refractivity contribution in [1.29, 1.82) is 5.41 Å². The largest absolute Gasteiger partial charge is 0.277 e. The van der Waals surface area contributed by atoms with Crippen molar-refractivity contribution >= 4 is 56.1 Å². The van der Waals surface area contributed by atoms with Gasteiger partial charge in [-0.05, 0) is 35.4 Å². The highest BCUT2D eigenvalue weighted by Gasteiger charge is 2.42. The zero-order chi connectivity index (χ0) is 23.7. The molecule has 0 aromatic heterocycles. The molecule has 8 heteroatoms. The van der Waals surface area contributed by atoms with Gasteiger partial charge >= 0.3 is 0 Å². The number of nitrogens with one attached hydrogen (secondary N) is 1. The summed E-state index contributed by atoms with van der Waals surface area (Å²) in [5, 5.41) is 14.8. The van der Waals surface area contributed by atoms with Crippen molar-refractivity contribution in [2.45, 2.75) is 24.1 Å². The summed E-state index contributed by atoms with van der Waals surface area (Å²) in [6.07, 6.45) is 0.709. The van der Waals surface area contributed by atoms with Crippen LogP contribution in [0.15, 0.2) is 94.5 Å². The smallest absolute Gasteiger partial charge is 0.247 e. The van der Waals surface area contributed by atoms with Crippen molar-refractivity contribution in [2.75, 3.05) is 4.90 Å². The van der Waals surface area contributed by atoms with Crippen molar-refractivity contribution in [1.82, 2.24) is 5.01 Å². The van der Waals surface area contributed by atoms with E-state index in [0.29, 0.717) is 12.1 Å². The quantitative estimate of drug-likeness (QED) is 0.269. The van der Waals surface area contributed by atoms with E-state index in [9.17, 15) is 9.59 Å². The fourth-order valence-corrected chi connectivity index (χ4v) is 5.43. The third kappa shape index (κ3) is 4.43. The third-order valence-corrected chi connectivity index (χ3v) is 7.45. The van der Waals surface area contributed by atoms with Crippen LogP contribution in [0.1, 0.15) is 30.0 Å². The molecule has 1 saturated heterocycles. The number of hydrogen-bond donors (Lipinski definition) is 1. The Morgan fingerprint density at radius 2 is 1.56 bits per heavy atom. The van der Waals surface area contributed by atoms with Crippen LogP contribution in [0.2, 0.25) is 0 Å². The molecule has 1 N–H and O–H groups in total. The third-order valence-electron chi connectivity index (χ3n) is 5.85. The lowest BCUT2D eigenvalue weighted by molar-refractivity contribution is -0.121. The van der Waals surface area contributed by atoms with Crippen molar-refractivity contribution in [3.63, 3.8) is 0 Å². The molecule has 2 aliphatic rings. The summed E-state index contributed by atoms with van der Waals surface area (Å²) in [6.45, 7) is 0. The van der Waals surface area contributed by atoms with Crippen LogP contribution >= 0.6 is 27.7 Å². The second-order valence-corrected chi connectivity index (χ2v) is 10.2. The van der Waals surface area contributed by atoms with Crippen LogP contribution in [0.5, 0.6) is 0 Å². The number of nitrogens with zero attached hydrogens (tertiary/aromatic N) is 3. The Hall–Kier alpha value is -3.23. The first-order valence-electron chi connectivity index (χ1n) is 10.9. The first-order chi connectivity index (χ1) is 16.5. The average molecular weight is 533 g/mol. The maximum atomic E-state index is 13.1. The predicted octanol–water partition coefficient (Wildman–Crippen LogP) is 5.60. The topological polar surface area (TPSA) is 76.8 Å². The standard InChI is InChI=1S/C26H21BrN4O2S/c27-19-11-13-20(14-12-19)30-24(32)16-23(25(30)33)34-26(28)31-22(18-9-5-2-6-10-18)15-21(29-31)17-7-3-1-4-8-17/h1-14,22-23,28H,15-16H2/t22-,23+/m1/s1. The molecule has 2 amide bonds. The number of hydrogen-bond acceptors (Lipinski definition) is 5. The monoisotopic (exact) mass is 532 g/mol. The molecule has 170 valence electrons. The number of amidine groups is 1. The van der Waals surface area contributed by atoms with E-state index in [-0.39, 0.29) is 29.4 Å². The number of imide groups is 1. The molecule has 2 atom stereocenters. The Kier molecular flexibility index (Phi) is 6.34. The Balaban J connectivity index is 1.38. The highest BCUT2D eigenvalue weighted by atomic mass is 79.9. The number of hydrazone groups is 1. The van der Waals surface area contributed by atoms with Crippen LogP contribution in [0.3, 0.4) is 0 Å². The minimum Gasteiger partial charge on any atom is -0.277 e. The normalized spacial score (nSPS) is 20.1. The summed E-state index contributed by atoms with van der Waals surface area (Å²) in [5.41, 5.74) is 3.50. The van der Waals surface area contributed by atoms with Crippen LogP contribution in [-0.2, 0) is 9.59 Å². The molecule has 0 aliphatic carbocycles. The summed E-state index contributed by atoms with van der Waals surface area (Å²) in [5.74, 6) is -0.558. The van der Waals surface area contributed by atoms with Gasteiger partial charge in [-0.1, -0.05) is 88.4 Å². The highest BCUT2D eigenvalue weighted by molar-refractivity contribution is 9.10. The SMILES string of the molecule is N=C(S[C@H]1CC(=O)N(c2ccc(Br)cc2)C1=O)N1N=C(c2ccccc2)C[C@@H]1c1ccccc1. The summed E-state index contributed by atoms with van der Waals surface area (Å²) in [6, 6.07) is 26.8. The van der Waals surface area contributed by atoms with Crippen molar-refractivity contribution in [3.8, 4) is 0 Å². The molecule has 3 aromatic carbocycles. The molecule has 3 aromatic rings. The van der Waals surface area contributed by atoms with Gasteiger partial charge < -0.3 is 0 Å². The Morgan fingerprint density at radius 3 is 2.24 bits per heavy atom. The second-order valence-electron chi connectivity index (χ2n) is 8.05. The molecule has 2 aliphatic heterocycles. The molecular weight excluding hydrogens is 512 g/mol. The van der Waals surface area contributed by atoms with E-state index in [1.165, 1.54) is 4.90 Å². The van der Waals surface area contributed by atoms with Crippen molar-refractivity contribution in [3.05, 3.63) is 101 Å².